The number of carbonyl (C=O) groups excluding carboxylic acids is 3. The third kappa shape index (κ3) is 12.1. The van der Waals surface area contributed by atoms with E-state index in [1.165, 1.54) is 0 Å². The number of rotatable bonds is 7. The van der Waals surface area contributed by atoms with Crippen LogP contribution in [0.4, 0.5) is 4.79 Å². The average Bonchev–Trinajstić information content (AvgIpc) is 2.59. The lowest BCUT2D eigenvalue weighted by molar-refractivity contribution is -0.118. The summed E-state index contributed by atoms with van der Waals surface area (Å²) in [6.45, 7) is 5.30. The fourth-order valence-corrected chi connectivity index (χ4v) is 2.15. The number of alkyl halides is 3. The summed E-state index contributed by atoms with van der Waals surface area (Å²) in [6.07, 6.45) is -0.220. The predicted octanol–water partition coefficient (Wildman–Crippen LogP) is 3.96. The van der Waals surface area contributed by atoms with Crippen molar-refractivity contribution in [2.75, 3.05) is 17.6 Å². The molecule has 0 unspecified atom stereocenters. The molecule has 1 atom stereocenters. The maximum atomic E-state index is 11.8. The Hall–Kier alpha value is -1.30. The number of amides is 1. The predicted molar refractivity (Wildman–Crippen MR) is 105 cm³/mol. The van der Waals surface area contributed by atoms with Crippen LogP contribution in [0.1, 0.15) is 26.3 Å². The number of benzene rings is 1. The number of hydrogen-bond acceptors (Lipinski definition) is 4. The van der Waals surface area contributed by atoms with Crippen LogP contribution in [0, 0.1) is 0 Å². The molecule has 0 aliphatic rings. The molecule has 0 aliphatic heterocycles. The Bertz CT molecular complexity index is 568. The molecule has 0 saturated heterocycles. The van der Waals surface area contributed by atoms with E-state index in [0.29, 0.717) is 6.42 Å². The highest BCUT2D eigenvalue weighted by molar-refractivity contribution is 6.35. The zero-order valence-corrected chi connectivity index (χ0v) is 17.3. The molecule has 8 heteroatoms. The Morgan fingerprint density at radius 1 is 1.00 bits per heavy atom. The average molecular weight is 425 g/mol. The fraction of sp³-hybridized carbons (Fsp3) is 0.500. The van der Waals surface area contributed by atoms with E-state index in [1.807, 2.05) is 30.3 Å². The van der Waals surface area contributed by atoms with Crippen molar-refractivity contribution in [1.29, 1.82) is 0 Å². The van der Waals surface area contributed by atoms with Gasteiger partial charge in [0, 0.05) is 0 Å². The Kier molecular flexibility index (Phi) is 12.3. The summed E-state index contributed by atoms with van der Waals surface area (Å²) in [4.78, 5) is 33.5. The Morgan fingerprint density at radius 2 is 1.54 bits per heavy atom. The van der Waals surface area contributed by atoms with Gasteiger partial charge < -0.3 is 10.1 Å². The topological polar surface area (TPSA) is 72.5 Å². The quantitative estimate of drug-likeness (QED) is 0.672. The monoisotopic (exact) mass is 423 g/mol. The largest absolute Gasteiger partial charge is 0.444 e. The lowest BCUT2D eigenvalue weighted by Crippen LogP contribution is -2.45. The number of hydrogen-bond donors (Lipinski definition) is 1. The highest BCUT2D eigenvalue weighted by Crippen LogP contribution is 2.09. The molecule has 1 aromatic rings. The van der Waals surface area contributed by atoms with Gasteiger partial charge in [-0.05, 0) is 32.8 Å². The molecule has 1 rings (SSSR count). The smallest absolute Gasteiger partial charge is 0.408 e. The molecule has 0 aromatic heterocycles. The maximum Gasteiger partial charge on any atom is 0.408 e. The van der Waals surface area contributed by atoms with Crippen LogP contribution in [0.5, 0.6) is 0 Å². The van der Waals surface area contributed by atoms with Crippen LogP contribution in [0.3, 0.4) is 0 Å². The molecule has 26 heavy (non-hydrogen) atoms. The van der Waals surface area contributed by atoms with E-state index < -0.39 is 17.7 Å². The minimum absolute atomic E-state index is 0.0312. The Morgan fingerprint density at radius 3 is 1.92 bits per heavy atom. The second kappa shape index (κ2) is 13.0. The third-order valence-corrected chi connectivity index (χ3v) is 3.65. The van der Waals surface area contributed by atoms with Gasteiger partial charge in [0.2, 0.25) is 0 Å². The van der Waals surface area contributed by atoms with Gasteiger partial charge in [0.15, 0.2) is 11.6 Å². The first-order valence-corrected chi connectivity index (χ1v) is 9.49. The normalized spacial score (nSPS) is 11.6. The van der Waals surface area contributed by atoms with Crippen molar-refractivity contribution in [2.45, 2.75) is 38.8 Å². The van der Waals surface area contributed by atoms with Crippen LogP contribution in [0.25, 0.3) is 0 Å². The molecule has 0 spiro atoms. The molecule has 0 aliphatic carbocycles. The summed E-state index contributed by atoms with van der Waals surface area (Å²) in [5, 5.41) is 2.58. The number of nitrogens with one attached hydrogen (secondary N) is 1. The number of ether oxygens (including phenoxy) is 1. The number of halogens is 3. The second-order valence-corrected chi connectivity index (χ2v) is 7.10. The zero-order chi connectivity index (χ0) is 20.2. The number of Topliss-reactive ketones (excluding diaryl/α,β-unsaturated/α-hetero) is 2. The van der Waals surface area contributed by atoms with Crippen molar-refractivity contribution in [2.24, 2.45) is 0 Å². The Balaban J connectivity index is 0.000000896. The molecule has 1 N–H and O–H groups in total. The van der Waals surface area contributed by atoms with Crippen molar-refractivity contribution in [1.82, 2.24) is 5.32 Å². The minimum atomic E-state index is -0.676. The van der Waals surface area contributed by atoms with Crippen LogP contribution >= 0.6 is 34.8 Å². The van der Waals surface area contributed by atoms with E-state index >= 15 is 0 Å². The third-order valence-electron chi connectivity index (χ3n) is 2.79. The van der Waals surface area contributed by atoms with E-state index in [9.17, 15) is 14.4 Å². The molecule has 0 heterocycles. The van der Waals surface area contributed by atoms with Gasteiger partial charge in [-0.15, -0.1) is 34.8 Å². The summed E-state index contributed by atoms with van der Waals surface area (Å²) >= 11 is 15.6. The maximum absolute atomic E-state index is 11.8. The van der Waals surface area contributed by atoms with Crippen LogP contribution in [-0.4, -0.2) is 46.9 Å². The van der Waals surface area contributed by atoms with E-state index in [0.717, 1.165) is 5.56 Å². The van der Waals surface area contributed by atoms with E-state index in [-0.39, 0.29) is 29.2 Å². The van der Waals surface area contributed by atoms with Gasteiger partial charge in [-0.1, -0.05) is 30.3 Å². The van der Waals surface area contributed by atoms with Crippen LogP contribution in [-0.2, 0) is 20.7 Å². The number of carbonyl (C=O) groups is 3. The van der Waals surface area contributed by atoms with Crippen molar-refractivity contribution < 1.29 is 19.1 Å². The molecular formula is C18H24Cl3NO4. The van der Waals surface area contributed by atoms with Crippen molar-refractivity contribution in [3.8, 4) is 0 Å². The van der Waals surface area contributed by atoms with Crippen molar-refractivity contribution >= 4 is 52.5 Å². The molecule has 1 aromatic carbocycles. The zero-order valence-electron chi connectivity index (χ0n) is 15.1. The summed E-state index contributed by atoms with van der Waals surface area (Å²) in [7, 11) is 0. The SMILES string of the molecule is CC(C)(C)OC(=O)N[C@@H](Cc1ccccc1)C(=O)CCl.O=C(CCl)CCl. The van der Waals surface area contributed by atoms with Crippen LogP contribution in [0.15, 0.2) is 30.3 Å². The first-order valence-electron chi connectivity index (χ1n) is 7.88. The lowest BCUT2D eigenvalue weighted by Gasteiger charge is -2.22. The number of alkyl carbamates (subject to hydrolysis) is 1. The fourth-order valence-electron chi connectivity index (χ4n) is 1.67. The first-order chi connectivity index (χ1) is 12.1. The van der Waals surface area contributed by atoms with E-state index in [4.69, 9.17) is 39.5 Å². The van der Waals surface area contributed by atoms with Gasteiger partial charge >= 0.3 is 6.09 Å². The molecule has 0 saturated carbocycles. The minimum Gasteiger partial charge on any atom is -0.444 e. The Labute approximate surface area is 169 Å². The van der Waals surface area contributed by atoms with Gasteiger partial charge in [-0.3, -0.25) is 9.59 Å². The van der Waals surface area contributed by atoms with E-state index in [2.05, 4.69) is 5.32 Å². The van der Waals surface area contributed by atoms with Gasteiger partial charge in [-0.25, -0.2) is 4.79 Å². The molecular weight excluding hydrogens is 401 g/mol. The molecule has 0 radical (unpaired) electrons. The lowest BCUT2D eigenvalue weighted by atomic mass is 10.0. The highest BCUT2D eigenvalue weighted by Gasteiger charge is 2.23. The first kappa shape index (κ1) is 24.7. The summed E-state index contributed by atoms with van der Waals surface area (Å²) in [5.74, 6) is -0.444. The van der Waals surface area contributed by atoms with Crippen LogP contribution in [0.2, 0.25) is 0 Å². The van der Waals surface area contributed by atoms with Gasteiger partial charge in [0.05, 0.1) is 23.7 Å². The van der Waals surface area contributed by atoms with Crippen molar-refractivity contribution in [3.63, 3.8) is 0 Å². The highest BCUT2D eigenvalue weighted by atomic mass is 35.5. The van der Waals surface area contributed by atoms with Gasteiger partial charge in [0.25, 0.3) is 0 Å². The molecule has 0 bridgehead atoms. The van der Waals surface area contributed by atoms with Crippen LogP contribution < -0.4 is 5.32 Å². The molecule has 146 valence electrons. The van der Waals surface area contributed by atoms with Gasteiger partial charge in [0.1, 0.15) is 5.60 Å². The van der Waals surface area contributed by atoms with E-state index in [1.54, 1.807) is 20.8 Å². The van der Waals surface area contributed by atoms with Gasteiger partial charge in [-0.2, -0.15) is 0 Å². The molecule has 1 amide bonds. The summed E-state index contributed by atoms with van der Waals surface area (Å²) in [6, 6.07) is 8.76. The molecule has 5 nitrogen and oxygen atoms in total. The standard InChI is InChI=1S/C15H20ClNO3.C3H4Cl2O/c1-15(2,3)20-14(19)17-12(13(18)10-16)9-11-7-5-4-6-8-11;4-1-3(6)2-5/h4-8,12H,9-10H2,1-3H3,(H,17,19);1-2H2/t12-;/m0./s1. The summed E-state index contributed by atoms with van der Waals surface area (Å²) in [5.41, 5.74) is 0.345. The second-order valence-electron chi connectivity index (χ2n) is 6.29. The van der Waals surface area contributed by atoms with Crippen molar-refractivity contribution in [3.05, 3.63) is 35.9 Å². The molecule has 0 fully saturated rings. The summed E-state index contributed by atoms with van der Waals surface area (Å²) < 4.78 is 5.16. The number of ketones is 2.